The van der Waals surface area contributed by atoms with Gasteiger partial charge in [0.1, 0.15) is 5.69 Å². The number of pyridine rings is 1. The molecule has 3 aromatic rings. The minimum atomic E-state index is -0.0632. The number of likely N-dealkylation sites (tertiary alicyclic amines) is 1. The lowest BCUT2D eigenvalue weighted by Gasteiger charge is -2.32. The molecule has 0 bridgehead atoms. The lowest BCUT2D eigenvalue weighted by molar-refractivity contribution is 0.0699. The Morgan fingerprint density at radius 1 is 1.24 bits per heavy atom. The van der Waals surface area contributed by atoms with E-state index in [0.29, 0.717) is 12.2 Å². The monoisotopic (exact) mass is 406 g/mol. The first kappa shape index (κ1) is 19.5. The van der Waals surface area contributed by atoms with Crippen molar-refractivity contribution in [1.82, 2.24) is 19.9 Å². The standard InChI is InChI=1S/C23H23ClN4O/c1-16-11-17(12-18-5-2-3-7-20(18)24)13-21(27-16)19-6-4-10-28(15-19)23(29)22-14-25-8-9-26-22/h2-3,5,7-9,11,13-14,19H,4,6,10,12,15H2,1H3/t19-/m0/s1. The summed E-state index contributed by atoms with van der Waals surface area (Å²) in [5.41, 5.74) is 4.72. The molecule has 3 heterocycles. The van der Waals surface area contributed by atoms with Crippen LogP contribution in [0.5, 0.6) is 0 Å². The summed E-state index contributed by atoms with van der Waals surface area (Å²) >= 11 is 6.34. The highest BCUT2D eigenvalue weighted by Gasteiger charge is 2.27. The Morgan fingerprint density at radius 3 is 2.90 bits per heavy atom. The van der Waals surface area contributed by atoms with Crippen molar-refractivity contribution in [2.75, 3.05) is 13.1 Å². The zero-order valence-corrected chi connectivity index (χ0v) is 17.1. The van der Waals surface area contributed by atoms with E-state index in [1.807, 2.05) is 30.0 Å². The molecule has 0 unspecified atom stereocenters. The Labute approximate surface area is 175 Å². The average molecular weight is 407 g/mol. The van der Waals surface area contributed by atoms with Crippen molar-refractivity contribution in [2.45, 2.75) is 32.1 Å². The molecule has 1 aromatic carbocycles. The van der Waals surface area contributed by atoms with E-state index in [-0.39, 0.29) is 11.8 Å². The number of aryl methyl sites for hydroxylation is 1. The summed E-state index contributed by atoms with van der Waals surface area (Å²) in [6.45, 7) is 3.41. The van der Waals surface area contributed by atoms with Crippen LogP contribution < -0.4 is 0 Å². The van der Waals surface area contributed by atoms with Gasteiger partial charge in [-0.1, -0.05) is 29.8 Å². The highest BCUT2D eigenvalue weighted by Crippen LogP contribution is 2.28. The predicted molar refractivity (Wildman–Crippen MR) is 113 cm³/mol. The fraction of sp³-hybridized carbons (Fsp3) is 0.304. The SMILES string of the molecule is Cc1cc(Cc2ccccc2Cl)cc([C@H]2CCCN(C(=O)c3cnccn3)C2)n1. The molecule has 0 saturated carbocycles. The molecule has 5 nitrogen and oxygen atoms in total. The van der Waals surface area contributed by atoms with Gasteiger partial charge in [-0.15, -0.1) is 0 Å². The third-order valence-electron chi connectivity index (χ3n) is 5.29. The number of carbonyl (C=O) groups is 1. The second-order valence-corrected chi connectivity index (χ2v) is 7.90. The first-order valence-corrected chi connectivity index (χ1v) is 10.2. The second-order valence-electron chi connectivity index (χ2n) is 7.49. The van der Waals surface area contributed by atoms with Gasteiger partial charge in [-0.25, -0.2) is 4.98 Å². The molecule has 0 aliphatic carbocycles. The van der Waals surface area contributed by atoms with Crippen LogP contribution in [-0.2, 0) is 6.42 Å². The molecule has 1 saturated heterocycles. The average Bonchev–Trinajstić information content (AvgIpc) is 2.75. The van der Waals surface area contributed by atoms with Gasteiger partial charge in [0, 0.05) is 47.8 Å². The van der Waals surface area contributed by atoms with Gasteiger partial charge in [-0.3, -0.25) is 14.8 Å². The smallest absolute Gasteiger partial charge is 0.274 e. The first-order valence-electron chi connectivity index (χ1n) is 9.86. The molecule has 2 aromatic heterocycles. The molecule has 0 N–H and O–H groups in total. The van der Waals surface area contributed by atoms with Crippen LogP contribution in [0.1, 0.15) is 51.8 Å². The Hall–Kier alpha value is -2.79. The summed E-state index contributed by atoms with van der Waals surface area (Å²) in [5, 5.41) is 0.780. The van der Waals surface area contributed by atoms with Crippen LogP contribution in [0.15, 0.2) is 55.0 Å². The minimum Gasteiger partial charge on any atom is -0.337 e. The summed E-state index contributed by atoms with van der Waals surface area (Å²) in [6, 6.07) is 12.2. The molecule has 1 aliphatic heterocycles. The summed E-state index contributed by atoms with van der Waals surface area (Å²) in [5.74, 6) is 0.154. The van der Waals surface area contributed by atoms with Crippen LogP contribution in [-0.4, -0.2) is 38.8 Å². The zero-order chi connectivity index (χ0) is 20.2. The molecular weight excluding hydrogens is 384 g/mol. The Kier molecular flexibility index (Phi) is 5.86. The first-order chi connectivity index (χ1) is 14.1. The maximum absolute atomic E-state index is 12.8. The van der Waals surface area contributed by atoms with Crippen LogP contribution >= 0.6 is 11.6 Å². The number of nitrogens with zero attached hydrogens (tertiary/aromatic N) is 4. The van der Waals surface area contributed by atoms with Crippen LogP contribution in [0, 0.1) is 6.92 Å². The van der Waals surface area contributed by atoms with E-state index in [9.17, 15) is 4.79 Å². The molecule has 1 fully saturated rings. The summed E-state index contributed by atoms with van der Waals surface area (Å²) in [6.07, 6.45) is 7.40. The number of rotatable bonds is 4. The van der Waals surface area contributed by atoms with Gasteiger partial charge in [0.05, 0.1) is 6.20 Å². The van der Waals surface area contributed by atoms with Crippen LogP contribution in [0.2, 0.25) is 5.02 Å². The third kappa shape index (κ3) is 4.62. The highest BCUT2D eigenvalue weighted by molar-refractivity contribution is 6.31. The van der Waals surface area contributed by atoms with Crippen LogP contribution in [0.3, 0.4) is 0 Å². The fourth-order valence-electron chi connectivity index (χ4n) is 3.92. The van der Waals surface area contributed by atoms with Crippen molar-refractivity contribution in [3.63, 3.8) is 0 Å². The van der Waals surface area contributed by atoms with Gasteiger partial charge in [-0.2, -0.15) is 0 Å². The van der Waals surface area contributed by atoms with E-state index in [1.54, 1.807) is 12.4 Å². The summed E-state index contributed by atoms with van der Waals surface area (Å²) in [4.78, 5) is 27.6. The van der Waals surface area contributed by atoms with Crippen molar-refractivity contribution in [3.05, 3.63) is 88.2 Å². The molecule has 4 rings (SSSR count). The van der Waals surface area contributed by atoms with Crippen molar-refractivity contribution in [3.8, 4) is 0 Å². The number of carbonyl (C=O) groups excluding carboxylic acids is 1. The van der Waals surface area contributed by atoms with Crippen LogP contribution in [0.4, 0.5) is 0 Å². The number of benzene rings is 1. The summed E-state index contributed by atoms with van der Waals surface area (Å²) < 4.78 is 0. The fourth-order valence-corrected chi connectivity index (χ4v) is 4.12. The number of hydrogen-bond acceptors (Lipinski definition) is 4. The largest absolute Gasteiger partial charge is 0.337 e. The topological polar surface area (TPSA) is 59.0 Å². The van der Waals surface area contributed by atoms with E-state index in [4.69, 9.17) is 16.6 Å². The lowest BCUT2D eigenvalue weighted by atomic mass is 9.92. The van der Waals surface area contributed by atoms with Crippen LogP contribution in [0.25, 0.3) is 0 Å². The normalized spacial score (nSPS) is 16.6. The number of amides is 1. The number of halogens is 1. The van der Waals surface area contributed by atoms with Gasteiger partial charge >= 0.3 is 0 Å². The molecule has 0 radical (unpaired) electrons. The lowest BCUT2D eigenvalue weighted by Crippen LogP contribution is -2.39. The molecule has 0 spiro atoms. The van der Waals surface area contributed by atoms with Gasteiger partial charge in [0.15, 0.2) is 0 Å². The predicted octanol–water partition coefficient (Wildman–Crippen LogP) is 4.44. The molecule has 1 atom stereocenters. The van der Waals surface area contributed by atoms with Crippen molar-refractivity contribution < 1.29 is 4.79 Å². The van der Waals surface area contributed by atoms with Gasteiger partial charge in [-0.05, 0) is 55.5 Å². The van der Waals surface area contributed by atoms with E-state index in [0.717, 1.165) is 47.8 Å². The molecule has 29 heavy (non-hydrogen) atoms. The van der Waals surface area contributed by atoms with E-state index < -0.39 is 0 Å². The van der Waals surface area contributed by atoms with Crippen molar-refractivity contribution in [2.24, 2.45) is 0 Å². The molecule has 1 aliphatic rings. The van der Waals surface area contributed by atoms with Gasteiger partial charge < -0.3 is 4.90 Å². The van der Waals surface area contributed by atoms with E-state index in [2.05, 4.69) is 28.2 Å². The minimum absolute atomic E-state index is 0.0632. The maximum Gasteiger partial charge on any atom is 0.274 e. The highest BCUT2D eigenvalue weighted by atomic mass is 35.5. The molecule has 6 heteroatoms. The van der Waals surface area contributed by atoms with Crippen molar-refractivity contribution in [1.29, 1.82) is 0 Å². The number of piperidine rings is 1. The van der Waals surface area contributed by atoms with Crippen molar-refractivity contribution >= 4 is 17.5 Å². The van der Waals surface area contributed by atoms with E-state index in [1.165, 1.54) is 11.8 Å². The van der Waals surface area contributed by atoms with E-state index >= 15 is 0 Å². The summed E-state index contributed by atoms with van der Waals surface area (Å²) in [7, 11) is 0. The zero-order valence-electron chi connectivity index (χ0n) is 16.4. The molecule has 148 valence electrons. The Morgan fingerprint density at radius 2 is 2.10 bits per heavy atom. The van der Waals surface area contributed by atoms with Gasteiger partial charge in [0.2, 0.25) is 0 Å². The quantitative estimate of drug-likeness (QED) is 0.642. The number of aromatic nitrogens is 3. The second kappa shape index (κ2) is 8.70. The number of hydrogen-bond donors (Lipinski definition) is 0. The Bertz CT molecular complexity index is 1010. The molecule has 1 amide bonds. The maximum atomic E-state index is 12.8. The molecular formula is C23H23ClN4O. The Balaban J connectivity index is 1.54. The third-order valence-corrected chi connectivity index (χ3v) is 5.66. The van der Waals surface area contributed by atoms with Gasteiger partial charge in [0.25, 0.3) is 5.91 Å².